The molecule has 1 aliphatic carbocycles. The Morgan fingerprint density at radius 1 is 1.47 bits per heavy atom. The van der Waals surface area contributed by atoms with Crippen LogP contribution in [-0.2, 0) is 4.79 Å². The molecule has 4 nitrogen and oxygen atoms in total. The maximum atomic E-state index is 11.8. The smallest absolute Gasteiger partial charge is 0.240 e. The summed E-state index contributed by atoms with van der Waals surface area (Å²) in [6.45, 7) is 2.06. The lowest BCUT2D eigenvalue weighted by atomic mass is 10.0. The topological polar surface area (TPSA) is 56.1 Å². The second kappa shape index (κ2) is 3.82. The van der Waals surface area contributed by atoms with E-state index in [0.29, 0.717) is 0 Å². The zero-order chi connectivity index (χ0) is 10.9. The molecule has 15 heavy (non-hydrogen) atoms. The summed E-state index contributed by atoms with van der Waals surface area (Å²) in [4.78, 5) is 14.0. The largest absolute Gasteiger partial charge is 0.352 e. The molecule has 82 valence electrons. The third-order valence-corrected chi connectivity index (χ3v) is 3.45. The van der Waals surface area contributed by atoms with E-state index in [1.54, 1.807) is 0 Å². The number of amides is 1. The predicted octanol–water partition coefficient (Wildman–Crippen LogP) is 0.501. The lowest BCUT2D eigenvalue weighted by Crippen LogP contribution is -2.45. The minimum absolute atomic E-state index is 0.0421. The summed E-state index contributed by atoms with van der Waals surface area (Å²) in [6.07, 6.45) is 3.48. The SMILES string of the molecule is CN1CCC(NC(=O)C2(C#N)CC2)CC1. The van der Waals surface area contributed by atoms with E-state index in [1.165, 1.54) is 0 Å². The van der Waals surface area contributed by atoms with Gasteiger partial charge in [0, 0.05) is 6.04 Å². The first-order valence-corrected chi connectivity index (χ1v) is 5.57. The Morgan fingerprint density at radius 2 is 2.07 bits per heavy atom. The molecule has 0 bridgehead atoms. The highest BCUT2D eigenvalue weighted by Gasteiger charge is 2.51. The summed E-state index contributed by atoms with van der Waals surface area (Å²) in [5, 5.41) is 11.9. The third kappa shape index (κ3) is 2.13. The summed E-state index contributed by atoms with van der Waals surface area (Å²) in [7, 11) is 2.09. The number of carbonyl (C=O) groups is 1. The maximum absolute atomic E-state index is 11.8. The van der Waals surface area contributed by atoms with Crippen LogP contribution in [0.1, 0.15) is 25.7 Å². The number of hydrogen-bond acceptors (Lipinski definition) is 3. The molecular formula is C11H17N3O. The van der Waals surface area contributed by atoms with Gasteiger partial charge < -0.3 is 10.2 Å². The van der Waals surface area contributed by atoms with Crippen LogP contribution < -0.4 is 5.32 Å². The van der Waals surface area contributed by atoms with Gasteiger partial charge in [0.25, 0.3) is 0 Å². The Hall–Kier alpha value is -1.08. The van der Waals surface area contributed by atoms with Gasteiger partial charge in [-0.2, -0.15) is 5.26 Å². The maximum Gasteiger partial charge on any atom is 0.240 e. The lowest BCUT2D eigenvalue weighted by molar-refractivity contribution is -0.125. The van der Waals surface area contributed by atoms with Crippen molar-refractivity contribution in [2.45, 2.75) is 31.7 Å². The van der Waals surface area contributed by atoms with Crippen LogP contribution in [0, 0.1) is 16.7 Å². The van der Waals surface area contributed by atoms with Crippen molar-refractivity contribution in [3.05, 3.63) is 0 Å². The van der Waals surface area contributed by atoms with Gasteiger partial charge in [-0.15, -0.1) is 0 Å². The standard InChI is InChI=1S/C11H17N3O/c1-14-6-2-9(3-7-14)13-10(15)11(8-12)4-5-11/h9H,2-7H2,1H3,(H,13,15). The van der Waals surface area contributed by atoms with Crippen molar-refractivity contribution < 1.29 is 4.79 Å². The van der Waals surface area contributed by atoms with E-state index in [2.05, 4.69) is 23.3 Å². The Labute approximate surface area is 90.2 Å². The van der Waals surface area contributed by atoms with E-state index < -0.39 is 5.41 Å². The molecule has 0 aromatic heterocycles. The van der Waals surface area contributed by atoms with E-state index in [0.717, 1.165) is 38.8 Å². The monoisotopic (exact) mass is 207 g/mol. The Bertz CT molecular complexity index is 295. The molecule has 2 fully saturated rings. The van der Waals surface area contributed by atoms with Crippen molar-refractivity contribution in [3.63, 3.8) is 0 Å². The zero-order valence-corrected chi connectivity index (χ0v) is 9.12. The number of likely N-dealkylation sites (tertiary alicyclic amines) is 1. The first-order valence-electron chi connectivity index (χ1n) is 5.57. The first kappa shape index (κ1) is 10.4. The van der Waals surface area contributed by atoms with Gasteiger partial charge in [0.05, 0.1) is 6.07 Å². The molecule has 1 N–H and O–H groups in total. The minimum atomic E-state index is -0.663. The molecule has 0 aromatic carbocycles. The summed E-state index contributed by atoms with van der Waals surface area (Å²) in [5.41, 5.74) is -0.663. The molecule has 0 aromatic rings. The molecule has 2 rings (SSSR count). The van der Waals surface area contributed by atoms with Gasteiger partial charge in [0.2, 0.25) is 5.91 Å². The number of hydrogen-bond donors (Lipinski definition) is 1. The minimum Gasteiger partial charge on any atom is -0.352 e. The molecule has 1 amide bonds. The highest BCUT2D eigenvalue weighted by molar-refractivity contribution is 5.88. The van der Waals surface area contributed by atoms with Crippen molar-refractivity contribution in [2.24, 2.45) is 5.41 Å². The molecule has 1 heterocycles. The van der Waals surface area contributed by atoms with Crippen LogP contribution >= 0.6 is 0 Å². The summed E-state index contributed by atoms with van der Waals surface area (Å²) >= 11 is 0. The molecule has 0 atom stereocenters. The van der Waals surface area contributed by atoms with E-state index in [-0.39, 0.29) is 11.9 Å². The van der Waals surface area contributed by atoms with Gasteiger partial charge in [0.1, 0.15) is 5.41 Å². The first-order chi connectivity index (χ1) is 7.16. The van der Waals surface area contributed by atoms with Gasteiger partial charge >= 0.3 is 0 Å². The van der Waals surface area contributed by atoms with E-state index >= 15 is 0 Å². The normalized spacial score (nSPS) is 25.6. The van der Waals surface area contributed by atoms with Crippen LogP contribution in [0.2, 0.25) is 0 Å². The molecular weight excluding hydrogens is 190 g/mol. The van der Waals surface area contributed by atoms with Crippen LogP contribution in [0.3, 0.4) is 0 Å². The molecule has 1 saturated heterocycles. The van der Waals surface area contributed by atoms with Crippen LogP contribution in [0.15, 0.2) is 0 Å². The Kier molecular flexibility index (Phi) is 2.66. The Morgan fingerprint density at radius 3 is 2.53 bits per heavy atom. The van der Waals surface area contributed by atoms with Crippen molar-refractivity contribution in [3.8, 4) is 6.07 Å². The summed E-state index contributed by atoms with van der Waals surface area (Å²) in [6, 6.07) is 2.41. The van der Waals surface area contributed by atoms with E-state index in [4.69, 9.17) is 5.26 Å². The fourth-order valence-electron chi connectivity index (χ4n) is 1.99. The van der Waals surface area contributed by atoms with E-state index in [9.17, 15) is 4.79 Å². The predicted molar refractivity (Wildman–Crippen MR) is 55.9 cm³/mol. The van der Waals surface area contributed by atoms with Crippen molar-refractivity contribution in [1.29, 1.82) is 5.26 Å². The van der Waals surface area contributed by atoms with Crippen LogP contribution in [0.4, 0.5) is 0 Å². The molecule has 1 saturated carbocycles. The van der Waals surface area contributed by atoms with Crippen molar-refractivity contribution in [1.82, 2.24) is 10.2 Å². The van der Waals surface area contributed by atoms with Gasteiger partial charge in [-0.05, 0) is 45.8 Å². The average molecular weight is 207 g/mol. The highest BCUT2D eigenvalue weighted by atomic mass is 16.2. The highest BCUT2D eigenvalue weighted by Crippen LogP contribution is 2.45. The van der Waals surface area contributed by atoms with Crippen molar-refractivity contribution in [2.75, 3.05) is 20.1 Å². The summed E-state index contributed by atoms with van der Waals surface area (Å²) < 4.78 is 0. The van der Waals surface area contributed by atoms with Gasteiger partial charge in [-0.25, -0.2) is 0 Å². The summed E-state index contributed by atoms with van der Waals surface area (Å²) in [5.74, 6) is -0.0421. The van der Waals surface area contributed by atoms with Crippen molar-refractivity contribution >= 4 is 5.91 Å². The molecule has 4 heteroatoms. The zero-order valence-electron chi connectivity index (χ0n) is 9.12. The Balaban J connectivity index is 1.83. The van der Waals surface area contributed by atoms with E-state index in [1.807, 2.05) is 0 Å². The molecule has 0 spiro atoms. The third-order valence-electron chi connectivity index (χ3n) is 3.45. The second-order valence-electron chi connectivity index (χ2n) is 4.74. The lowest BCUT2D eigenvalue weighted by Gasteiger charge is -2.29. The molecule has 1 aliphatic heterocycles. The fourth-order valence-corrected chi connectivity index (χ4v) is 1.99. The van der Waals surface area contributed by atoms with Crippen LogP contribution in [-0.4, -0.2) is 37.0 Å². The van der Waals surface area contributed by atoms with Gasteiger partial charge in [0.15, 0.2) is 0 Å². The molecule has 0 radical (unpaired) electrons. The number of carbonyl (C=O) groups excluding carboxylic acids is 1. The molecule has 2 aliphatic rings. The average Bonchev–Trinajstić information content (AvgIpc) is 3.02. The van der Waals surface area contributed by atoms with Crippen LogP contribution in [0.25, 0.3) is 0 Å². The number of nitrogens with zero attached hydrogens (tertiary/aromatic N) is 2. The second-order valence-corrected chi connectivity index (χ2v) is 4.74. The number of piperidine rings is 1. The number of rotatable bonds is 2. The van der Waals surface area contributed by atoms with Gasteiger partial charge in [-0.3, -0.25) is 4.79 Å². The number of nitrogens with one attached hydrogen (secondary N) is 1. The molecule has 0 unspecified atom stereocenters. The quantitative estimate of drug-likeness (QED) is 0.717. The fraction of sp³-hybridized carbons (Fsp3) is 0.818. The van der Waals surface area contributed by atoms with Crippen LogP contribution in [0.5, 0.6) is 0 Å². The van der Waals surface area contributed by atoms with Gasteiger partial charge in [-0.1, -0.05) is 0 Å². The number of nitriles is 1.